The van der Waals surface area contributed by atoms with Crippen LogP contribution >= 0.6 is 11.3 Å². The summed E-state index contributed by atoms with van der Waals surface area (Å²) in [6, 6.07) is 3.95. The number of rotatable bonds is 6. The molecule has 6 nitrogen and oxygen atoms in total. The lowest BCUT2D eigenvalue weighted by molar-refractivity contribution is -0.134. The van der Waals surface area contributed by atoms with Gasteiger partial charge in [-0.05, 0) is 30.5 Å². The Kier molecular flexibility index (Phi) is 5.15. The SMILES string of the molecule is Cc1ccc(C)c2c1NC(=O)C2CC(=O)N(CCO)Cc1nccs1. The third kappa shape index (κ3) is 3.57. The van der Waals surface area contributed by atoms with Gasteiger partial charge in [0, 0.05) is 30.2 Å². The number of carbonyl (C=O) groups is 2. The highest BCUT2D eigenvalue weighted by Gasteiger charge is 2.35. The van der Waals surface area contributed by atoms with Crippen molar-refractivity contribution in [2.45, 2.75) is 32.7 Å². The topological polar surface area (TPSA) is 82.5 Å². The number of carbonyl (C=O) groups excluding carboxylic acids is 2. The number of anilines is 1. The fraction of sp³-hybridized carbons (Fsp3) is 0.389. The standard InChI is InChI=1S/C18H21N3O3S/c1-11-3-4-12(2)17-16(11)13(18(24)20-17)9-15(23)21(6-7-22)10-14-19-5-8-25-14/h3-5,8,13,22H,6-7,9-10H2,1-2H3,(H,20,24). The van der Waals surface area contributed by atoms with E-state index in [9.17, 15) is 14.7 Å². The van der Waals surface area contributed by atoms with E-state index in [4.69, 9.17) is 0 Å². The smallest absolute Gasteiger partial charge is 0.232 e. The molecule has 0 saturated heterocycles. The van der Waals surface area contributed by atoms with Gasteiger partial charge in [-0.1, -0.05) is 12.1 Å². The molecule has 0 saturated carbocycles. The lowest BCUT2D eigenvalue weighted by atomic mass is 9.91. The van der Waals surface area contributed by atoms with Crippen LogP contribution < -0.4 is 5.32 Å². The van der Waals surface area contributed by atoms with Crippen molar-refractivity contribution in [3.63, 3.8) is 0 Å². The maximum absolute atomic E-state index is 12.8. The zero-order chi connectivity index (χ0) is 18.0. The Labute approximate surface area is 150 Å². The van der Waals surface area contributed by atoms with Gasteiger partial charge in [-0.3, -0.25) is 9.59 Å². The van der Waals surface area contributed by atoms with Crippen molar-refractivity contribution in [3.8, 4) is 0 Å². The Morgan fingerprint density at radius 2 is 2.12 bits per heavy atom. The second kappa shape index (κ2) is 7.33. The van der Waals surface area contributed by atoms with Crippen molar-refractivity contribution in [1.29, 1.82) is 0 Å². The number of hydrogen-bond donors (Lipinski definition) is 2. The highest BCUT2D eigenvalue weighted by Crippen LogP contribution is 2.39. The molecule has 7 heteroatoms. The molecule has 1 aromatic carbocycles. The van der Waals surface area contributed by atoms with Gasteiger partial charge in [0.1, 0.15) is 5.01 Å². The Morgan fingerprint density at radius 3 is 2.80 bits per heavy atom. The summed E-state index contributed by atoms with van der Waals surface area (Å²) in [5.41, 5.74) is 3.75. The number of thiazole rings is 1. The van der Waals surface area contributed by atoms with E-state index in [1.165, 1.54) is 11.3 Å². The predicted molar refractivity (Wildman–Crippen MR) is 96.5 cm³/mol. The second-order valence-electron chi connectivity index (χ2n) is 6.20. The number of hydrogen-bond acceptors (Lipinski definition) is 5. The number of nitrogens with one attached hydrogen (secondary N) is 1. The molecule has 132 valence electrons. The van der Waals surface area contributed by atoms with Crippen molar-refractivity contribution in [1.82, 2.24) is 9.88 Å². The summed E-state index contributed by atoms with van der Waals surface area (Å²) >= 11 is 1.46. The number of benzene rings is 1. The molecule has 2 aromatic rings. The van der Waals surface area contributed by atoms with Crippen molar-refractivity contribution in [3.05, 3.63) is 45.4 Å². The summed E-state index contributed by atoms with van der Waals surface area (Å²) in [5.74, 6) is -0.781. The van der Waals surface area contributed by atoms with Crippen molar-refractivity contribution in [2.24, 2.45) is 0 Å². The number of amides is 2. The first-order valence-corrected chi connectivity index (χ1v) is 9.07. The number of fused-ring (bicyclic) bond motifs is 1. The van der Waals surface area contributed by atoms with E-state index >= 15 is 0 Å². The van der Waals surface area contributed by atoms with Crippen molar-refractivity contribution < 1.29 is 14.7 Å². The Balaban J connectivity index is 1.80. The minimum absolute atomic E-state index is 0.0918. The van der Waals surface area contributed by atoms with Crippen LogP contribution in [-0.2, 0) is 16.1 Å². The molecule has 1 aromatic heterocycles. The average Bonchev–Trinajstić information content (AvgIpc) is 3.20. The number of aromatic nitrogens is 1. The third-order valence-corrected chi connectivity index (χ3v) is 5.26. The normalized spacial score (nSPS) is 15.8. The van der Waals surface area contributed by atoms with Gasteiger partial charge in [-0.25, -0.2) is 4.98 Å². The summed E-state index contributed by atoms with van der Waals surface area (Å²) in [6.45, 7) is 4.36. The first kappa shape index (κ1) is 17.6. The van der Waals surface area contributed by atoms with Crippen LogP contribution in [0, 0.1) is 13.8 Å². The Hall–Kier alpha value is -2.25. The molecule has 1 aliphatic heterocycles. The molecule has 0 aliphatic carbocycles. The minimum Gasteiger partial charge on any atom is -0.395 e. The lowest BCUT2D eigenvalue weighted by Gasteiger charge is -2.22. The molecule has 1 aliphatic rings. The van der Waals surface area contributed by atoms with E-state index < -0.39 is 5.92 Å². The van der Waals surface area contributed by atoms with Crippen LogP contribution in [0.2, 0.25) is 0 Å². The van der Waals surface area contributed by atoms with Crippen molar-refractivity contribution in [2.75, 3.05) is 18.5 Å². The van der Waals surface area contributed by atoms with E-state index in [1.807, 2.05) is 31.4 Å². The van der Waals surface area contributed by atoms with E-state index in [-0.39, 0.29) is 31.4 Å². The molecule has 2 amide bonds. The quantitative estimate of drug-likeness (QED) is 0.828. The van der Waals surface area contributed by atoms with Crippen LogP contribution in [0.4, 0.5) is 5.69 Å². The number of aliphatic hydroxyl groups excluding tert-OH is 1. The first-order chi connectivity index (χ1) is 12.0. The maximum Gasteiger partial charge on any atom is 0.232 e. The highest BCUT2D eigenvalue weighted by molar-refractivity contribution is 7.09. The second-order valence-corrected chi connectivity index (χ2v) is 7.18. The van der Waals surface area contributed by atoms with E-state index in [2.05, 4.69) is 10.3 Å². The summed E-state index contributed by atoms with van der Waals surface area (Å²) < 4.78 is 0. The van der Waals surface area contributed by atoms with Gasteiger partial charge in [0.05, 0.1) is 19.1 Å². The van der Waals surface area contributed by atoms with Gasteiger partial charge < -0.3 is 15.3 Å². The molecular weight excluding hydrogens is 338 g/mol. The molecule has 3 rings (SSSR count). The highest BCUT2D eigenvalue weighted by atomic mass is 32.1. The number of aryl methyl sites for hydroxylation is 2. The molecule has 25 heavy (non-hydrogen) atoms. The molecule has 1 unspecified atom stereocenters. The molecule has 2 N–H and O–H groups in total. The van der Waals surface area contributed by atoms with Gasteiger partial charge >= 0.3 is 0 Å². The fourth-order valence-electron chi connectivity index (χ4n) is 3.19. The van der Waals surface area contributed by atoms with E-state index in [0.717, 1.165) is 27.4 Å². The van der Waals surface area contributed by atoms with Gasteiger partial charge in [0.25, 0.3) is 0 Å². The lowest BCUT2D eigenvalue weighted by Crippen LogP contribution is -2.34. The molecule has 0 spiro atoms. The molecular formula is C18H21N3O3S. The third-order valence-electron chi connectivity index (χ3n) is 4.50. The van der Waals surface area contributed by atoms with Gasteiger partial charge in [0.2, 0.25) is 11.8 Å². The largest absolute Gasteiger partial charge is 0.395 e. The van der Waals surface area contributed by atoms with Crippen molar-refractivity contribution >= 4 is 28.8 Å². The van der Waals surface area contributed by atoms with Crippen LogP contribution in [0.25, 0.3) is 0 Å². The van der Waals surface area contributed by atoms with E-state index in [0.29, 0.717) is 6.54 Å². The van der Waals surface area contributed by atoms with Gasteiger partial charge in [0.15, 0.2) is 0 Å². The first-order valence-electron chi connectivity index (χ1n) is 8.19. The average molecular weight is 359 g/mol. The Morgan fingerprint density at radius 1 is 1.36 bits per heavy atom. The Bertz CT molecular complexity index is 789. The maximum atomic E-state index is 12.8. The van der Waals surface area contributed by atoms with Crippen LogP contribution in [0.3, 0.4) is 0 Å². The van der Waals surface area contributed by atoms with E-state index in [1.54, 1.807) is 11.1 Å². The molecule has 0 radical (unpaired) electrons. The molecule has 1 atom stereocenters. The summed E-state index contributed by atoms with van der Waals surface area (Å²) in [4.78, 5) is 31.0. The fourth-order valence-corrected chi connectivity index (χ4v) is 3.83. The molecule has 2 heterocycles. The molecule has 0 bridgehead atoms. The van der Waals surface area contributed by atoms with Crippen LogP contribution in [-0.4, -0.2) is 40.0 Å². The number of nitrogens with zero attached hydrogens (tertiary/aromatic N) is 2. The molecule has 0 fully saturated rings. The van der Waals surface area contributed by atoms with Crippen LogP contribution in [0.15, 0.2) is 23.7 Å². The summed E-state index contributed by atoms with van der Waals surface area (Å²) in [7, 11) is 0. The van der Waals surface area contributed by atoms with Crippen LogP contribution in [0.5, 0.6) is 0 Å². The predicted octanol–water partition coefficient (Wildman–Crippen LogP) is 2.21. The number of aliphatic hydroxyl groups is 1. The van der Waals surface area contributed by atoms with Gasteiger partial charge in [-0.15, -0.1) is 11.3 Å². The zero-order valence-electron chi connectivity index (χ0n) is 14.3. The van der Waals surface area contributed by atoms with Crippen LogP contribution in [0.1, 0.15) is 34.0 Å². The summed E-state index contributed by atoms with van der Waals surface area (Å²) in [6.07, 6.45) is 1.78. The zero-order valence-corrected chi connectivity index (χ0v) is 15.1. The summed E-state index contributed by atoms with van der Waals surface area (Å²) in [5, 5.41) is 14.8. The minimum atomic E-state index is -0.486. The monoisotopic (exact) mass is 359 g/mol. The van der Waals surface area contributed by atoms with Gasteiger partial charge in [-0.2, -0.15) is 0 Å².